The van der Waals surface area contributed by atoms with E-state index >= 15 is 0 Å². The molecule has 0 aliphatic carbocycles. The fourth-order valence-corrected chi connectivity index (χ4v) is 0.118. The van der Waals surface area contributed by atoms with Gasteiger partial charge >= 0.3 is 0 Å². The topological polar surface area (TPSA) is 29.1 Å². The van der Waals surface area contributed by atoms with Crippen LogP contribution in [-0.2, 0) is 10.1 Å². The van der Waals surface area contributed by atoms with Gasteiger partial charge in [0.1, 0.15) is 5.92 Å². The first kappa shape index (κ1) is 5.79. The van der Waals surface area contributed by atoms with Gasteiger partial charge in [0.05, 0.1) is 13.8 Å². The van der Waals surface area contributed by atoms with Crippen molar-refractivity contribution in [2.45, 2.75) is 13.8 Å². The maximum absolute atomic E-state index is 9.22. The second-order valence-corrected chi connectivity index (χ2v) is 1.47. The molecule has 0 amide bonds. The molecule has 0 aromatic heterocycles. The Balaban J connectivity index is 2.63. The van der Waals surface area contributed by atoms with E-state index in [0.29, 0.717) is 0 Å². The summed E-state index contributed by atoms with van der Waals surface area (Å²) in [5.74, 6) is 1.00. The van der Waals surface area contributed by atoms with Gasteiger partial charge in [0.25, 0.3) is 0 Å². The maximum atomic E-state index is 9.22. The van der Waals surface area contributed by atoms with Crippen molar-refractivity contribution in [1.82, 2.24) is 0 Å². The van der Waals surface area contributed by atoms with Gasteiger partial charge in [-0.15, -0.1) is 0 Å². The van der Waals surface area contributed by atoms with Crippen LogP contribution < -0.4 is 0 Å². The Labute approximate surface area is 37.7 Å². The molecule has 0 spiro atoms. The summed E-state index contributed by atoms with van der Waals surface area (Å²) in [4.78, 5) is 3.52. The van der Waals surface area contributed by atoms with Crippen molar-refractivity contribution in [2.24, 2.45) is 0 Å². The minimum atomic E-state index is 0.236. The third kappa shape index (κ3) is 3.79. The van der Waals surface area contributed by atoms with Gasteiger partial charge in [-0.3, -0.25) is 0 Å². The van der Waals surface area contributed by atoms with Crippen molar-refractivity contribution in [3.05, 3.63) is 5.92 Å². The zero-order valence-corrected chi connectivity index (χ0v) is 4.02. The molecule has 0 fully saturated rings. The molecule has 35 valence electrons. The van der Waals surface area contributed by atoms with Crippen LogP contribution in [0.5, 0.6) is 0 Å². The second-order valence-electron chi connectivity index (χ2n) is 1.47. The van der Waals surface area contributed by atoms with Crippen molar-refractivity contribution in [1.29, 1.82) is 0 Å². The van der Waals surface area contributed by atoms with Gasteiger partial charge in [-0.1, -0.05) is 0 Å². The molecule has 0 aromatic rings. The molecule has 2 heteroatoms. The molecule has 0 atom stereocenters. The van der Waals surface area contributed by atoms with Crippen LogP contribution in [0.15, 0.2) is 0 Å². The van der Waals surface area contributed by atoms with Crippen LogP contribution in [0.4, 0.5) is 0 Å². The van der Waals surface area contributed by atoms with E-state index in [1.165, 1.54) is 0 Å². The molecule has 0 heterocycles. The highest BCUT2D eigenvalue weighted by molar-refractivity contribution is 4.73. The lowest BCUT2D eigenvalue weighted by molar-refractivity contribution is -0.299. The molecule has 1 radical (unpaired) electrons. The molecular formula is C4H8O2+. The number of rotatable bonds is 2. The summed E-state index contributed by atoms with van der Waals surface area (Å²) in [5, 5.41) is 9.22. The molecule has 6 heavy (non-hydrogen) atoms. The largest absolute Gasteiger partial charge is 0.222 e. The molecule has 0 aromatic carbocycles. The molecule has 0 aliphatic heterocycles. The van der Waals surface area contributed by atoms with E-state index in [1.54, 1.807) is 0 Å². The van der Waals surface area contributed by atoms with Crippen molar-refractivity contribution >= 4 is 0 Å². The smallest absolute Gasteiger partial charge is 0.155 e. The SMILES string of the molecule is C[C+](C)CO[O]. The summed E-state index contributed by atoms with van der Waals surface area (Å²) >= 11 is 0. The number of hydrogen-bond donors (Lipinski definition) is 0. The van der Waals surface area contributed by atoms with Gasteiger partial charge in [-0.05, 0) is 5.26 Å². The highest BCUT2D eigenvalue weighted by Crippen LogP contribution is 1.91. The van der Waals surface area contributed by atoms with Gasteiger partial charge in [-0.2, -0.15) is 4.89 Å². The molecular weight excluding hydrogens is 80.0 g/mol. The third-order valence-electron chi connectivity index (χ3n) is 0.348. The first-order chi connectivity index (χ1) is 2.77. The highest BCUT2D eigenvalue weighted by atomic mass is 17.1. The average Bonchev–Trinajstić information content (AvgIpc) is 1.35. The molecule has 2 nitrogen and oxygen atoms in total. The minimum Gasteiger partial charge on any atom is -0.155 e. The molecule has 0 rings (SSSR count). The maximum Gasteiger partial charge on any atom is 0.222 e. The molecule has 0 aliphatic rings. The molecule has 0 unspecified atom stereocenters. The lowest BCUT2D eigenvalue weighted by Gasteiger charge is -1.82. The van der Waals surface area contributed by atoms with Crippen molar-refractivity contribution in [3.8, 4) is 0 Å². The lowest BCUT2D eigenvalue weighted by atomic mass is 10.2. The van der Waals surface area contributed by atoms with E-state index in [9.17, 15) is 5.26 Å². The Hall–Kier alpha value is -0.210. The van der Waals surface area contributed by atoms with Crippen LogP contribution in [0.1, 0.15) is 13.8 Å². The monoisotopic (exact) mass is 88.1 g/mol. The third-order valence-corrected chi connectivity index (χ3v) is 0.348. The summed E-state index contributed by atoms with van der Waals surface area (Å²) in [6, 6.07) is 0. The van der Waals surface area contributed by atoms with E-state index in [-0.39, 0.29) is 6.61 Å². The predicted molar refractivity (Wildman–Crippen MR) is 21.2 cm³/mol. The molecule has 0 saturated carbocycles. The highest BCUT2D eigenvalue weighted by Gasteiger charge is 2.01. The molecule has 0 N–H and O–H groups in total. The summed E-state index contributed by atoms with van der Waals surface area (Å²) in [7, 11) is 0. The number of hydrogen-bond acceptors (Lipinski definition) is 1. The van der Waals surface area contributed by atoms with Crippen LogP contribution >= 0.6 is 0 Å². The van der Waals surface area contributed by atoms with Crippen molar-refractivity contribution < 1.29 is 10.1 Å². The lowest BCUT2D eigenvalue weighted by Crippen LogP contribution is -1.93. The van der Waals surface area contributed by atoms with Crippen LogP contribution in [0.3, 0.4) is 0 Å². The Bertz CT molecular complexity index is 26.7. The van der Waals surface area contributed by atoms with Crippen molar-refractivity contribution in [3.63, 3.8) is 0 Å². The first-order valence-corrected chi connectivity index (χ1v) is 1.81. The fourth-order valence-electron chi connectivity index (χ4n) is 0.118. The molecule has 0 bridgehead atoms. The minimum absolute atomic E-state index is 0.236. The van der Waals surface area contributed by atoms with Gasteiger partial charge in [-0.25, -0.2) is 0 Å². The van der Waals surface area contributed by atoms with Gasteiger partial charge < -0.3 is 0 Å². The average molecular weight is 88.1 g/mol. The Morgan fingerprint density at radius 3 is 2.17 bits per heavy atom. The van der Waals surface area contributed by atoms with Crippen LogP contribution in [-0.4, -0.2) is 6.61 Å². The van der Waals surface area contributed by atoms with E-state index in [0.717, 1.165) is 5.92 Å². The van der Waals surface area contributed by atoms with E-state index in [2.05, 4.69) is 4.89 Å². The van der Waals surface area contributed by atoms with Crippen LogP contribution in [0.25, 0.3) is 0 Å². The Morgan fingerprint density at radius 2 is 2.17 bits per heavy atom. The summed E-state index contributed by atoms with van der Waals surface area (Å²) < 4.78 is 0. The van der Waals surface area contributed by atoms with Gasteiger partial charge in [0.15, 0.2) is 0 Å². The zero-order valence-electron chi connectivity index (χ0n) is 4.02. The summed E-state index contributed by atoms with van der Waals surface area (Å²) in [6.07, 6.45) is 0. The van der Waals surface area contributed by atoms with Gasteiger partial charge in [0, 0.05) is 0 Å². The molecule has 0 saturated heterocycles. The van der Waals surface area contributed by atoms with Crippen LogP contribution in [0.2, 0.25) is 0 Å². The second kappa shape index (κ2) is 3.00. The van der Waals surface area contributed by atoms with E-state index < -0.39 is 0 Å². The Kier molecular flexibility index (Phi) is 2.89. The van der Waals surface area contributed by atoms with E-state index in [4.69, 9.17) is 0 Å². The summed E-state index contributed by atoms with van der Waals surface area (Å²) in [6.45, 7) is 3.93. The van der Waals surface area contributed by atoms with E-state index in [1.807, 2.05) is 13.8 Å². The Morgan fingerprint density at radius 1 is 1.67 bits per heavy atom. The standard InChI is InChI=1S/C4H8O2/c1-4(2)3-6-5/h3H2,1-2H3/q+1. The zero-order chi connectivity index (χ0) is 4.99. The quantitative estimate of drug-likeness (QED) is 0.281. The fraction of sp³-hybridized carbons (Fsp3) is 0.750. The predicted octanol–water partition coefficient (Wildman–Crippen LogP) is 0.963. The van der Waals surface area contributed by atoms with Crippen LogP contribution in [0, 0.1) is 5.92 Å². The van der Waals surface area contributed by atoms with Crippen molar-refractivity contribution in [2.75, 3.05) is 6.61 Å². The first-order valence-electron chi connectivity index (χ1n) is 1.81. The van der Waals surface area contributed by atoms with Gasteiger partial charge in [0.2, 0.25) is 6.61 Å². The summed E-state index contributed by atoms with van der Waals surface area (Å²) in [5.41, 5.74) is 0. The normalized spacial score (nSPS) is 8.50.